The summed E-state index contributed by atoms with van der Waals surface area (Å²) in [6.07, 6.45) is 0. The average molecular weight is 244 g/mol. The van der Waals surface area contributed by atoms with E-state index in [4.69, 9.17) is 10.2 Å². The van der Waals surface area contributed by atoms with Crippen molar-refractivity contribution >= 4 is 30.8 Å². The van der Waals surface area contributed by atoms with Gasteiger partial charge in [-0.1, -0.05) is 36.9 Å². The van der Waals surface area contributed by atoms with Gasteiger partial charge < -0.3 is 10.2 Å². The number of rotatable bonds is 3. The van der Waals surface area contributed by atoms with Crippen LogP contribution >= 0.6 is 0 Å². The minimum absolute atomic E-state index is 0. The van der Waals surface area contributed by atoms with Gasteiger partial charge in [0, 0.05) is 5.57 Å². The Bertz CT molecular complexity index is 389. The van der Waals surface area contributed by atoms with E-state index in [1.54, 1.807) is 6.92 Å². The van der Waals surface area contributed by atoms with Gasteiger partial charge in [0.25, 0.3) is 0 Å². The Morgan fingerprint density at radius 2 is 1.56 bits per heavy atom. The minimum atomic E-state index is -0.935. The third kappa shape index (κ3) is 7.72. The monoisotopic (exact) mass is 244 g/mol. The van der Waals surface area contributed by atoms with E-state index >= 15 is 0 Å². The van der Waals surface area contributed by atoms with Gasteiger partial charge in [-0.15, -0.1) is 0 Å². The molecule has 0 amide bonds. The summed E-state index contributed by atoms with van der Waals surface area (Å²) in [4.78, 5) is 20.1. The van der Waals surface area contributed by atoms with Crippen molar-refractivity contribution in [2.75, 3.05) is 0 Å². The zero-order chi connectivity index (χ0) is 13.4. The SMILES string of the molecule is C=C(C)C(=O)O.CC(C(=O)O)c1ccccc1.[LiH]. The Morgan fingerprint density at radius 1 is 1.17 bits per heavy atom. The van der Waals surface area contributed by atoms with E-state index in [1.165, 1.54) is 6.92 Å². The van der Waals surface area contributed by atoms with Crippen molar-refractivity contribution in [1.29, 1.82) is 0 Å². The number of aliphatic carboxylic acids is 2. The van der Waals surface area contributed by atoms with Gasteiger partial charge in [0.2, 0.25) is 0 Å². The fraction of sp³-hybridized carbons (Fsp3) is 0.231. The van der Waals surface area contributed by atoms with E-state index in [2.05, 4.69) is 6.58 Å². The molecule has 1 rings (SSSR count). The van der Waals surface area contributed by atoms with Gasteiger partial charge in [-0.2, -0.15) is 0 Å². The second-order valence-electron chi connectivity index (χ2n) is 3.56. The molecule has 0 fully saturated rings. The van der Waals surface area contributed by atoms with Gasteiger partial charge in [0.1, 0.15) is 0 Å². The third-order valence-corrected chi connectivity index (χ3v) is 2.04. The topological polar surface area (TPSA) is 74.6 Å². The summed E-state index contributed by atoms with van der Waals surface area (Å²) in [5.41, 5.74) is 1.02. The van der Waals surface area contributed by atoms with Crippen molar-refractivity contribution in [3.8, 4) is 0 Å². The first-order valence-electron chi connectivity index (χ1n) is 5.02. The quantitative estimate of drug-likeness (QED) is 0.628. The Hall–Kier alpha value is -1.50. The Kier molecular flexibility index (Phi) is 9.97. The molecule has 0 heterocycles. The molecular formula is C13H17LiO4. The maximum atomic E-state index is 10.5. The summed E-state index contributed by atoms with van der Waals surface area (Å²) in [5, 5.41) is 16.5. The molecule has 18 heavy (non-hydrogen) atoms. The maximum absolute atomic E-state index is 10.5. The normalized spacial score (nSPS) is 10.1. The molecule has 2 N–H and O–H groups in total. The van der Waals surface area contributed by atoms with Crippen molar-refractivity contribution in [2.24, 2.45) is 0 Å². The van der Waals surface area contributed by atoms with Gasteiger partial charge >= 0.3 is 30.8 Å². The van der Waals surface area contributed by atoms with Crippen LogP contribution in [0.2, 0.25) is 0 Å². The fourth-order valence-electron chi connectivity index (χ4n) is 0.884. The number of carboxylic acid groups (broad SMARTS) is 2. The van der Waals surface area contributed by atoms with E-state index in [-0.39, 0.29) is 24.4 Å². The van der Waals surface area contributed by atoms with Crippen LogP contribution in [0.1, 0.15) is 25.3 Å². The summed E-state index contributed by atoms with van der Waals surface area (Å²) in [6, 6.07) is 9.19. The van der Waals surface area contributed by atoms with Crippen LogP contribution in [0.4, 0.5) is 0 Å². The molecule has 0 aliphatic carbocycles. The van der Waals surface area contributed by atoms with Crippen LogP contribution in [0, 0.1) is 0 Å². The molecule has 0 saturated heterocycles. The van der Waals surface area contributed by atoms with Gasteiger partial charge in [-0.05, 0) is 19.4 Å². The molecule has 1 aromatic carbocycles. The molecule has 94 valence electrons. The summed E-state index contributed by atoms with van der Waals surface area (Å²) in [6.45, 7) is 6.28. The number of hydrogen-bond donors (Lipinski definition) is 2. The number of carboxylic acids is 2. The molecule has 0 saturated carbocycles. The van der Waals surface area contributed by atoms with E-state index in [9.17, 15) is 9.59 Å². The van der Waals surface area contributed by atoms with Gasteiger partial charge in [-0.3, -0.25) is 4.79 Å². The van der Waals surface area contributed by atoms with Crippen LogP contribution in [0.15, 0.2) is 42.5 Å². The second kappa shape index (κ2) is 9.52. The third-order valence-electron chi connectivity index (χ3n) is 2.04. The van der Waals surface area contributed by atoms with E-state index in [0.29, 0.717) is 0 Å². The standard InChI is InChI=1S/C9H10O2.C4H6O2.Li.H/c1-7(9(10)11)8-5-3-2-4-6-8;1-3(2)4(5)6;;/h2-7H,1H3,(H,10,11);1H2,2H3,(H,5,6);;. The summed E-state index contributed by atoms with van der Waals surface area (Å²) in [7, 11) is 0. The van der Waals surface area contributed by atoms with E-state index < -0.39 is 17.9 Å². The van der Waals surface area contributed by atoms with Crippen molar-refractivity contribution in [3.63, 3.8) is 0 Å². The van der Waals surface area contributed by atoms with Crippen LogP contribution in [0.25, 0.3) is 0 Å². The van der Waals surface area contributed by atoms with Gasteiger partial charge in [0.15, 0.2) is 0 Å². The second-order valence-corrected chi connectivity index (χ2v) is 3.56. The molecule has 1 unspecified atom stereocenters. The first-order chi connectivity index (χ1) is 7.86. The molecule has 0 aliphatic heterocycles. The number of carbonyl (C=O) groups is 2. The van der Waals surface area contributed by atoms with Crippen molar-refractivity contribution in [1.82, 2.24) is 0 Å². The molecule has 0 radical (unpaired) electrons. The van der Waals surface area contributed by atoms with Crippen molar-refractivity contribution < 1.29 is 19.8 Å². The molecule has 0 spiro atoms. The van der Waals surface area contributed by atoms with Crippen molar-refractivity contribution in [2.45, 2.75) is 19.8 Å². The van der Waals surface area contributed by atoms with Crippen LogP contribution in [-0.4, -0.2) is 41.0 Å². The molecular weight excluding hydrogens is 227 g/mol. The molecule has 0 aliphatic rings. The zero-order valence-electron chi connectivity index (χ0n) is 9.88. The van der Waals surface area contributed by atoms with Crippen LogP contribution in [0.5, 0.6) is 0 Å². The predicted molar refractivity (Wildman–Crippen MR) is 72.1 cm³/mol. The molecule has 1 aromatic rings. The predicted octanol–water partition coefficient (Wildman–Crippen LogP) is 1.87. The molecule has 5 heteroatoms. The zero-order valence-corrected chi connectivity index (χ0v) is 9.88. The molecule has 4 nitrogen and oxygen atoms in total. The average Bonchev–Trinajstić information content (AvgIpc) is 2.29. The molecule has 0 aromatic heterocycles. The fourth-order valence-corrected chi connectivity index (χ4v) is 0.884. The first-order valence-corrected chi connectivity index (χ1v) is 5.02. The molecule has 0 bridgehead atoms. The van der Waals surface area contributed by atoms with Crippen LogP contribution in [-0.2, 0) is 9.59 Å². The Balaban J connectivity index is 0. The van der Waals surface area contributed by atoms with E-state index in [0.717, 1.165) is 5.56 Å². The van der Waals surface area contributed by atoms with E-state index in [1.807, 2.05) is 30.3 Å². The van der Waals surface area contributed by atoms with Gasteiger partial charge in [0.05, 0.1) is 5.92 Å². The number of hydrogen-bond acceptors (Lipinski definition) is 2. The Morgan fingerprint density at radius 3 is 1.83 bits per heavy atom. The summed E-state index contributed by atoms with van der Waals surface area (Å²) in [5.74, 6) is -2.12. The van der Waals surface area contributed by atoms with Crippen LogP contribution in [0.3, 0.4) is 0 Å². The molecule has 1 atom stereocenters. The summed E-state index contributed by atoms with van der Waals surface area (Å²) >= 11 is 0. The van der Waals surface area contributed by atoms with Gasteiger partial charge in [-0.25, -0.2) is 4.79 Å². The summed E-state index contributed by atoms with van der Waals surface area (Å²) < 4.78 is 0. The van der Waals surface area contributed by atoms with Crippen LogP contribution < -0.4 is 0 Å². The Labute approximate surface area is 119 Å². The van der Waals surface area contributed by atoms with Crippen molar-refractivity contribution in [3.05, 3.63) is 48.0 Å². The first kappa shape index (κ1) is 18.9. The number of benzene rings is 1.